The lowest BCUT2D eigenvalue weighted by Crippen LogP contribution is -2.43. The Hall–Kier alpha value is -3.96. The van der Waals surface area contributed by atoms with E-state index in [1.54, 1.807) is 0 Å². The predicted octanol–water partition coefficient (Wildman–Crippen LogP) is 2.23. The van der Waals surface area contributed by atoms with E-state index in [0.717, 1.165) is 24.3 Å². The molecular formula is C17H12F3N3O6. The van der Waals surface area contributed by atoms with Gasteiger partial charge in [-0.1, -0.05) is 18.2 Å². The summed E-state index contributed by atoms with van der Waals surface area (Å²) in [6, 6.07) is 8.52. The van der Waals surface area contributed by atoms with Crippen LogP contribution in [-0.4, -0.2) is 29.3 Å². The van der Waals surface area contributed by atoms with Crippen LogP contribution in [0.1, 0.15) is 26.3 Å². The molecular weight excluding hydrogens is 399 g/mol. The number of amides is 2. The van der Waals surface area contributed by atoms with E-state index in [4.69, 9.17) is 0 Å². The number of hydrogen-bond acceptors (Lipinski definition) is 6. The Labute approximate surface area is 160 Å². The third kappa shape index (κ3) is 5.76. The number of nitro groups is 1. The average Bonchev–Trinajstić information content (AvgIpc) is 2.69. The molecule has 0 bridgehead atoms. The maximum absolute atomic E-state index is 12.9. The first-order valence-electron chi connectivity index (χ1n) is 7.76. The lowest BCUT2D eigenvalue weighted by atomic mass is 10.1. The molecule has 0 aromatic heterocycles. The molecule has 0 saturated carbocycles. The maximum Gasteiger partial charge on any atom is 0.417 e. The number of hydrogen-bond donors (Lipinski definition) is 2. The molecule has 0 heterocycles. The third-order valence-corrected chi connectivity index (χ3v) is 3.42. The van der Waals surface area contributed by atoms with Gasteiger partial charge < -0.3 is 4.74 Å². The fourth-order valence-electron chi connectivity index (χ4n) is 2.11. The Balaban J connectivity index is 1.91. The first-order valence-corrected chi connectivity index (χ1v) is 7.76. The van der Waals surface area contributed by atoms with Crippen LogP contribution in [0.25, 0.3) is 0 Å². The first-order chi connectivity index (χ1) is 13.6. The van der Waals surface area contributed by atoms with Crippen LogP contribution in [0.3, 0.4) is 0 Å². The molecule has 9 nitrogen and oxygen atoms in total. The number of carbonyl (C=O) groups excluding carboxylic acids is 3. The van der Waals surface area contributed by atoms with Gasteiger partial charge in [-0.3, -0.25) is 30.6 Å². The molecule has 2 amide bonds. The normalized spacial score (nSPS) is 10.7. The molecule has 0 spiro atoms. The Morgan fingerprint density at radius 2 is 1.72 bits per heavy atom. The molecule has 0 aliphatic carbocycles. The molecule has 0 radical (unpaired) electrons. The van der Waals surface area contributed by atoms with Crippen LogP contribution < -0.4 is 10.9 Å². The van der Waals surface area contributed by atoms with Crippen molar-refractivity contribution in [3.8, 4) is 0 Å². The number of alkyl halides is 3. The standard InChI is InChI=1S/C17H12F3N3O6/c18-17(19,20)13-7-2-1-6-12(13)16(26)29-9-14(24)21-22-15(25)10-4-3-5-11(8-10)23(27)28/h1-8H,9H2,(H,21,24)(H,22,25). The van der Waals surface area contributed by atoms with Gasteiger partial charge >= 0.3 is 12.1 Å². The summed E-state index contributed by atoms with van der Waals surface area (Å²) in [6.07, 6.45) is -4.79. The number of nitro benzene ring substituents is 1. The summed E-state index contributed by atoms with van der Waals surface area (Å²) in [5.41, 5.74) is 1.34. The predicted molar refractivity (Wildman–Crippen MR) is 90.4 cm³/mol. The van der Waals surface area contributed by atoms with Gasteiger partial charge in [-0.15, -0.1) is 0 Å². The van der Waals surface area contributed by atoms with Crippen molar-refractivity contribution in [2.45, 2.75) is 6.18 Å². The van der Waals surface area contributed by atoms with Crippen molar-refractivity contribution in [3.05, 3.63) is 75.3 Å². The van der Waals surface area contributed by atoms with E-state index >= 15 is 0 Å². The van der Waals surface area contributed by atoms with Crippen LogP contribution in [0.2, 0.25) is 0 Å². The number of benzene rings is 2. The van der Waals surface area contributed by atoms with Gasteiger partial charge in [-0.05, 0) is 18.2 Å². The summed E-state index contributed by atoms with van der Waals surface area (Å²) in [5, 5.41) is 10.7. The van der Waals surface area contributed by atoms with Crippen LogP contribution >= 0.6 is 0 Å². The van der Waals surface area contributed by atoms with Gasteiger partial charge in [0.2, 0.25) is 0 Å². The number of hydrazine groups is 1. The molecule has 2 rings (SSSR count). The first kappa shape index (κ1) is 21.3. The number of carbonyl (C=O) groups is 3. The smallest absolute Gasteiger partial charge is 0.417 e. The number of rotatable bonds is 5. The lowest BCUT2D eigenvalue weighted by Gasteiger charge is -2.12. The highest BCUT2D eigenvalue weighted by molar-refractivity contribution is 5.96. The van der Waals surface area contributed by atoms with Gasteiger partial charge in [-0.2, -0.15) is 13.2 Å². The number of nitrogens with one attached hydrogen (secondary N) is 2. The van der Waals surface area contributed by atoms with E-state index in [0.29, 0.717) is 6.07 Å². The van der Waals surface area contributed by atoms with Gasteiger partial charge in [0.05, 0.1) is 16.1 Å². The van der Waals surface area contributed by atoms with E-state index in [1.807, 2.05) is 10.9 Å². The molecule has 0 unspecified atom stereocenters. The molecule has 29 heavy (non-hydrogen) atoms. The number of nitrogens with zero attached hydrogens (tertiary/aromatic N) is 1. The summed E-state index contributed by atoms with van der Waals surface area (Å²) in [4.78, 5) is 45.3. The van der Waals surface area contributed by atoms with Gasteiger partial charge in [0.1, 0.15) is 0 Å². The van der Waals surface area contributed by atoms with Gasteiger partial charge in [0.25, 0.3) is 17.5 Å². The molecule has 2 aromatic rings. The number of esters is 1. The summed E-state index contributed by atoms with van der Waals surface area (Å²) in [7, 11) is 0. The Morgan fingerprint density at radius 3 is 2.38 bits per heavy atom. The fourth-order valence-corrected chi connectivity index (χ4v) is 2.11. The Kier molecular flexibility index (Phi) is 6.49. The van der Waals surface area contributed by atoms with E-state index in [1.165, 1.54) is 18.2 Å². The highest BCUT2D eigenvalue weighted by Crippen LogP contribution is 2.32. The van der Waals surface area contributed by atoms with Crippen LogP contribution in [0.5, 0.6) is 0 Å². The summed E-state index contributed by atoms with van der Waals surface area (Å²) >= 11 is 0. The number of non-ortho nitro benzene ring substituents is 1. The van der Waals surface area contributed by atoms with Crippen LogP contribution in [0, 0.1) is 10.1 Å². The zero-order valence-corrected chi connectivity index (χ0v) is 14.4. The summed E-state index contributed by atoms with van der Waals surface area (Å²) in [5.74, 6) is -3.31. The Bertz CT molecular complexity index is 961. The van der Waals surface area contributed by atoms with Crippen molar-refractivity contribution >= 4 is 23.5 Å². The van der Waals surface area contributed by atoms with E-state index in [-0.39, 0.29) is 11.3 Å². The fraction of sp³-hybridized carbons (Fsp3) is 0.118. The summed E-state index contributed by atoms with van der Waals surface area (Å²) < 4.78 is 43.2. The Morgan fingerprint density at radius 1 is 1.03 bits per heavy atom. The second-order valence-electron chi connectivity index (χ2n) is 5.43. The van der Waals surface area contributed by atoms with Crippen LogP contribution in [-0.2, 0) is 15.7 Å². The number of ether oxygens (including phenoxy) is 1. The SMILES string of the molecule is O=C(COC(=O)c1ccccc1C(F)(F)F)NNC(=O)c1cccc([N+](=O)[O-])c1. The molecule has 0 saturated heterocycles. The minimum absolute atomic E-state index is 0.129. The number of halogens is 3. The second-order valence-corrected chi connectivity index (χ2v) is 5.43. The molecule has 152 valence electrons. The zero-order chi connectivity index (χ0) is 21.6. The monoisotopic (exact) mass is 411 g/mol. The zero-order valence-electron chi connectivity index (χ0n) is 14.4. The molecule has 2 N–H and O–H groups in total. The lowest BCUT2D eigenvalue weighted by molar-refractivity contribution is -0.384. The largest absolute Gasteiger partial charge is 0.452 e. The van der Waals surface area contributed by atoms with Gasteiger partial charge in [0, 0.05) is 17.7 Å². The van der Waals surface area contributed by atoms with Crippen molar-refractivity contribution in [1.29, 1.82) is 0 Å². The van der Waals surface area contributed by atoms with Crippen molar-refractivity contribution in [2.75, 3.05) is 6.61 Å². The molecule has 0 atom stereocenters. The van der Waals surface area contributed by atoms with Crippen molar-refractivity contribution in [3.63, 3.8) is 0 Å². The molecule has 2 aromatic carbocycles. The van der Waals surface area contributed by atoms with Crippen molar-refractivity contribution in [2.24, 2.45) is 0 Å². The van der Waals surface area contributed by atoms with Crippen molar-refractivity contribution in [1.82, 2.24) is 10.9 Å². The molecule has 12 heteroatoms. The average molecular weight is 411 g/mol. The highest BCUT2D eigenvalue weighted by atomic mass is 19.4. The minimum Gasteiger partial charge on any atom is -0.452 e. The minimum atomic E-state index is -4.79. The quantitative estimate of drug-likeness (QED) is 0.441. The van der Waals surface area contributed by atoms with E-state index in [9.17, 15) is 37.7 Å². The highest BCUT2D eigenvalue weighted by Gasteiger charge is 2.35. The molecule has 0 aliphatic rings. The van der Waals surface area contributed by atoms with Gasteiger partial charge in [-0.25, -0.2) is 4.79 Å². The molecule has 0 aliphatic heterocycles. The second kappa shape index (κ2) is 8.82. The van der Waals surface area contributed by atoms with E-state index < -0.39 is 46.6 Å². The third-order valence-electron chi connectivity index (χ3n) is 3.42. The topological polar surface area (TPSA) is 128 Å². The van der Waals surface area contributed by atoms with E-state index in [2.05, 4.69) is 4.74 Å². The molecule has 0 fully saturated rings. The maximum atomic E-state index is 12.9. The van der Waals surface area contributed by atoms with Crippen LogP contribution in [0.15, 0.2) is 48.5 Å². The van der Waals surface area contributed by atoms with Gasteiger partial charge in [0.15, 0.2) is 6.61 Å². The van der Waals surface area contributed by atoms with Crippen LogP contribution in [0.4, 0.5) is 18.9 Å². The summed E-state index contributed by atoms with van der Waals surface area (Å²) in [6.45, 7) is -0.972. The van der Waals surface area contributed by atoms with Crippen molar-refractivity contribution < 1.29 is 37.2 Å².